The second kappa shape index (κ2) is 10.1. The second-order valence-corrected chi connectivity index (χ2v) is 7.83. The molecule has 0 amide bonds. The van der Waals surface area contributed by atoms with Crippen molar-refractivity contribution in [3.63, 3.8) is 0 Å². The molecule has 0 radical (unpaired) electrons. The fourth-order valence-corrected chi connectivity index (χ4v) is 3.37. The van der Waals surface area contributed by atoms with E-state index in [2.05, 4.69) is 52.2 Å². The molecular weight excluding hydrogens is 396 g/mol. The summed E-state index contributed by atoms with van der Waals surface area (Å²) in [5, 5.41) is 6.81. The van der Waals surface area contributed by atoms with Crippen LogP contribution in [0.1, 0.15) is 26.3 Å². The van der Waals surface area contributed by atoms with Crippen LogP contribution >= 0.6 is 15.9 Å². The lowest BCUT2D eigenvalue weighted by Crippen LogP contribution is -2.56. The zero-order valence-electron chi connectivity index (χ0n) is 16.3. The number of hydrogen-bond donors (Lipinski definition) is 2. The molecule has 26 heavy (non-hydrogen) atoms. The number of guanidine groups is 1. The predicted molar refractivity (Wildman–Crippen MR) is 110 cm³/mol. The van der Waals surface area contributed by atoms with E-state index < -0.39 is 0 Å². The number of hydrogen-bond acceptors (Lipinski definition) is 4. The maximum atomic E-state index is 5.46. The Kier molecular flexibility index (Phi) is 8.18. The lowest BCUT2D eigenvalue weighted by atomic mass is 10.0. The summed E-state index contributed by atoms with van der Waals surface area (Å²) in [7, 11) is 1.69. The minimum atomic E-state index is 0.0352. The summed E-state index contributed by atoms with van der Waals surface area (Å²) in [6.07, 6.45) is 0. The smallest absolute Gasteiger partial charge is 0.191 e. The minimum Gasteiger partial charge on any atom is -0.496 e. The molecule has 1 saturated heterocycles. The van der Waals surface area contributed by atoms with E-state index in [0.29, 0.717) is 6.54 Å². The molecule has 2 N–H and O–H groups in total. The molecule has 0 aromatic heterocycles. The first kappa shape index (κ1) is 21.0. The van der Waals surface area contributed by atoms with Crippen molar-refractivity contribution in [2.24, 2.45) is 4.99 Å². The van der Waals surface area contributed by atoms with E-state index >= 15 is 0 Å². The molecule has 1 aliphatic heterocycles. The van der Waals surface area contributed by atoms with Crippen molar-refractivity contribution in [1.82, 2.24) is 15.5 Å². The Morgan fingerprint density at radius 1 is 1.31 bits per heavy atom. The van der Waals surface area contributed by atoms with Crippen LogP contribution in [0.15, 0.2) is 27.7 Å². The van der Waals surface area contributed by atoms with Crippen molar-refractivity contribution in [2.45, 2.75) is 32.9 Å². The van der Waals surface area contributed by atoms with Crippen LogP contribution in [-0.4, -0.2) is 62.9 Å². The number of rotatable bonds is 7. The van der Waals surface area contributed by atoms with Crippen LogP contribution in [0.2, 0.25) is 0 Å². The van der Waals surface area contributed by atoms with Gasteiger partial charge in [-0.15, -0.1) is 0 Å². The number of nitrogens with one attached hydrogen (secondary N) is 2. The van der Waals surface area contributed by atoms with Crippen molar-refractivity contribution < 1.29 is 9.47 Å². The highest BCUT2D eigenvalue weighted by molar-refractivity contribution is 9.10. The SMILES string of the molecule is CCNC(=NCc1cc(Br)ccc1OC)NCC(C)(C)N1CCOCC1. The molecule has 0 unspecified atom stereocenters. The zero-order chi connectivity index (χ0) is 19.0. The average Bonchev–Trinajstić information content (AvgIpc) is 2.65. The monoisotopic (exact) mass is 426 g/mol. The maximum Gasteiger partial charge on any atom is 0.191 e. The topological polar surface area (TPSA) is 58.1 Å². The van der Waals surface area contributed by atoms with Crippen LogP contribution < -0.4 is 15.4 Å². The van der Waals surface area contributed by atoms with Gasteiger partial charge in [-0.05, 0) is 39.0 Å². The van der Waals surface area contributed by atoms with Gasteiger partial charge in [0.25, 0.3) is 0 Å². The maximum absolute atomic E-state index is 5.46. The predicted octanol–water partition coefficient (Wildman–Crippen LogP) is 2.62. The molecule has 2 rings (SSSR count). The van der Waals surface area contributed by atoms with E-state index in [1.807, 2.05) is 18.2 Å². The van der Waals surface area contributed by atoms with Crippen LogP contribution in [0.4, 0.5) is 0 Å². The Morgan fingerprint density at radius 2 is 2.04 bits per heavy atom. The summed E-state index contributed by atoms with van der Waals surface area (Å²) < 4.78 is 11.9. The molecule has 0 spiro atoms. The van der Waals surface area contributed by atoms with Crippen molar-refractivity contribution >= 4 is 21.9 Å². The van der Waals surface area contributed by atoms with Crippen LogP contribution in [0.5, 0.6) is 5.75 Å². The van der Waals surface area contributed by atoms with E-state index in [1.165, 1.54) is 0 Å². The lowest BCUT2D eigenvalue weighted by molar-refractivity contribution is -0.00834. The molecule has 0 atom stereocenters. The Labute approximate surface area is 165 Å². The number of benzene rings is 1. The molecule has 146 valence electrons. The molecule has 1 aliphatic rings. The number of aliphatic imine (C=N–C) groups is 1. The van der Waals surface area contributed by atoms with Gasteiger partial charge in [-0.1, -0.05) is 15.9 Å². The largest absolute Gasteiger partial charge is 0.496 e. The van der Waals surface area contributed by atoms with E-state index in [4.69, 9.17) is 14.5 Å². The Balaban J connectivity index is 2.01. The fraction of sp³-hybridized carbons (Fsp3) is 0.632. The van der Waals surface area contributed by atoms with E-state index in [0.717, 1.165) is 61.1 Å². The Morgan fingerprint density at radius 3 is 2.69 bits per heavy atom. The number of morpholine rings is 1. The fourth-order valence-electron chi connectivity index (χ4n) is 2.96. The van der Waals surface area contributed by atoms with Gasteiger partial charge < -0.3 is 20.1 Å². The van der Waals surface area contributed by atoms with E-state index in [-0.39, 0.29) is 5.54 Å². The first-order valence-electron chi connectivity index (χ1n) is 9.13. The molecular formula is C19H31BrN4O2. The quantitative estimate of drug-likeness (QED) is 0.518. The van der Waals surface area contributed by atoms with Gasteiger partial charge in [-0.2, -0.15) is 0 Å². The highest BCUT2D eigenvalue weighted by Gasteiger charge is 2.28. The van der Waals surface area contributed by atoms with Crippen molar-refractivity contribution in [1.29, 1.82) is 0 Å². The zero-order valence-corrected chi connectivity index (χ0v) is 17.9. The van der Waals surface area contributed by atoms with Gasteiger partial charge in [0.1, 0.15) is 5.75 Å². The van der Waals surface area contributed by atoms with Crippen LogP contribution in [0.25, 0.3) is 0 Å². The van der Waals surface area contributed by atoms with Crippen LogP contribution in [0, 0.1) is 0 Å². The lowest BCUT2D eigenvalue weighted by Gasteiger charge is -2.41. The molecule has 1 aromatic rings. The standard InChI is InChI=1S/C19H31BrN4O2/c1-5-21-18(22-13-15-12-16(20)6-7-17(15)25-4)23-14-19(2,3)24-8-10-26-11-9-24/h6-7,12H,5,8-11,13-14H2,1-4H3,(H2,21,22,23). The molecule has 6 nitrogen and oxygen atoms in total. The Bertz CT molecular complexity index is 601. The average molecular weight is 427 g/mol. The van der Waals surface area contributed by atoms with Crippen molar-refractivity contribution in [3.05, 3.63) is 28.2 Å². The summed E-state index contributed by atoms with van der Waals surface area (Å²) >= 11 is 3.51. The first-order valence-corrected chi connectivity index (χ1v) is 9.93. The third-order valence-corrected chi connectivity index (χ3v) is 5.04. The second-order valence-electron chi connectivity index (χ2n) is 6.92. The van der Waals surface area contributed by atoms with Crippen LogP contribution in [-0.2, 0) is 11.3 Å². The van der Waals surface area contributed by atoms with E-state index in [1.54, 1.807) is 7.11 Å². The number of methoxy groups -OCH3 is 1. The Hall–Kier alpha value is -1.31. The summed E-state index contributed by atoms with van der Waals surface area (Å²) in [6.45, 7) is 12.3. The van der Waals surface area contributed by atoms with Gasteiger partial charge >= 0.3 is 0 Å². The number of halogens is 1. The molecule has 1 aromatic carbocycles. The van der Waals surface area contributed by atoms with Gasteiger partial charge in [0, 0.05) is 41.8 Å². The van der Waals surface area contributed by atoms with Crippen LogP contribution in [0.3, 0.4) is 0 Å². The molecule has 0 aliphatic carbocycles. The van der Waals surface area contributed by atoms with Crippen molar-refractivity contribution in [2.75, 3.05) is 46.5 Å². The summed E-state index contributed by atoms with van der Waals surface area (Å²) in [4.78, 5) is 7.19. The first-order chi connectivity index (χ1) is 12.5. The van der Waals surface area contributed by atoms with Gasteiger partial charge in [0.15, 0.2) is 5.96 Å². The van der Waals surface area contributed by atoms with Crippen molar-refractivity contribution in [3.8, 4) is 5.75 Å². The van der Waals surface area contributed by atoms with Gasteiger partial charge in [0.05, 0.1) is 26.9 Å². The van der Waals surface area contributed by atoms with E-state index in [9.17, 15) is 0 Å². The minimum absolute atomic E-state index is 0.0352. The molecule has 1 heterocycles. The summed E-state index contributed by atoms with van der Waals surface area (Å²) in [5.41, 5.74) is 1.08. The molecule has 7 heteroatoms. The third-order valence-electron chi connectivity index (χ3n) is 4.55. The molecule has 0 saturated carbocycles. The molecule has 0 bridgehead atoms. The summed E-state index contributed by atoms with van der Waals surface area (Å²) in [5.74, 6) is 1.66. The summed E-state index contributed by atoms with van der Waals surface area (Å²) in [6, 6.07) is 5.97. The van der Waals surface area contributed by atoms with Gasteiger partial charge in [-0.25, -0.2) is 4.99 Å². The number of nitrogens with zero attached hydrogens (tertiary/aromatic N) is 2. The highest BCUT2D eigenvalue weighted by atomic mass is 79.9. The third kappa shape index (κ3) is 6.14. The highest BCUT2D eigenvalue weighted by Crippen LogP contribution is 2.23. The number of ether oxygens (including phenoxy) is 2. The van der Waals surface area contributed by atoms with Gasteiger partial charge in [0.2, 0.25) is 0 Å². The molecule has 1 fully saturated rings. The normalized spacial score (nSPS) is 16.4. The van der Waals surface area contributed by atoms with Gasteiger partial charge in [-0.3, -0.25) is 4.90 Å².